The zero-order valence-corrected chi connectivity index (χ0v) is 11.0. The minimum absolute atomic E-state index is 0.242. The molecule has 1 rings (SSSR count). The van der Waals surface area contributed by atoms with Crippen molar-refractivity contribution in [3.63, 3.8) is 0 Å². The summed E-state index contributed by atoms with van der Waals surface area (Å²) < 4.78 is 12.7. The van der Waals surface area contributed by atoms with E-state index in [4.69, 9.17) is 0 Å². The molecular weight excluding hydrogens is 217 g/mol. The summed E-state index contributed by atoms with van der Waals surface area (Å²) in [5.41, 5.74) is 0.636. The van der Waals surface area contributed by atoms with Crippen LogP contribution in [-0.4, -0.2) is 19.4 Å². The summed E-state index contributed by atoms with van der Waals surface area (Å²) in [5.74, 6) is -0.000574. The highest BCUT2D eigenvalue weighted by Crippen LogP contribution is 2.18. The molecule has 0 bridgehead atoms. The van der Waals surface area contributed by atoms with E-state index in [1.54, 1.807) is 12.1 Å². The van der Waals surface area contributed by atoms with E-state index in [-0.39, 0.29) is 17.0 Å². The van der Waals surface area contributed by atoms with Crippen LogP contribution in [0, 0.1) is 11.2 Å². The average molecular weight is 237 g/mol. The zero-order chi connectivity index (χ0) is 13.1. The fraction of sp³-hybridized carbons (Fsp3) is 0.500. The third-order valence-corrected chi connectivity index (χ3v) is 2.78. The first-order valence-corrected chi connectivity index (χ1v) is 5.81. The van der Waals surface area contributed by atoms with Crippen LogP contribution in [-0.2, 0) is 4.79 Å². The highest BCUT2D eigenvalue weighted by atomic mass is 19.1. The van der Waals surface area contributed by atoms with Gasteiger partial charge in [0.05, 0.1) is 0 Å². The first-order valence-electron chi connectivity index (χ1n) is 5.81. The largest absolute Gasteiger partial charge is 0.374 e. The van der Waals surface area contributed by atoms with Crippen molar-refractivity contribution in [3.05, 3.63) is 30.1 Å². The molecule has 0 saturated carbocycles. The van der Waals surface area contributed by atoms with Crippen molar-refractivity contribution < 1.29 is 9.18 Å². The lowest BCUT2D eigenvalue weighted by atomic mass is 9.89. The lowest BCUT2D eigenvalue weighted by Crippen LogP contribution is -2.27. The third-order valence-electron chi connectivity index (χ3n) is 2.78. The number of hydrogen-bond acceptors (Lipinski definition) is 2. The number of hydrogen-bond donors (Lipinski definition) is 0. The van der Waals surface area contributed by atoms with Gasteiger partial charge in [0.15, 0.2) is 0 Å². The second-order valence-electron chi connectivity index (χ2n) is 5.32. The maximum absolute atomic E-state index is 12.7. The summed E-state index contributed by atoms with van der Waals surface area (Å²) in [6.45, 7) is 6.43. The van der Waals surface area contributed by atoms with Crippen LogP contribution < -0.4 is 4.90 Å². The van der Waals surface area contributed by atoms with Gasteiger partial charge in [-0.15, -0.1) is 0 Å². The molecule has 1 aromatic carbocycles. The fourth-order valence-corrected chi connectivity index (χ4v) is 1.47. The monoisotopic (exact) mass is 237 g/mol. The van der Waals surface area contributed by atoms with Gasteiger partial charge in [0.1, 0.15) is 11.6 Å². The minimum Gasteiger partial charge on any atom is -0.374 e. The summed E-state index contributed by atoms with van der Waals surface area (Å²) in [7, 11) is 1.91. The van der Waals surface area contributed by atoms with Gasteiger partial charge in [0, 0.05) is 31.1 Å². The number of carbonyl (C=O) groups is 1. The van der Waals surface area contributed by atoms with Crippen molar-refractivity contribution in [2.45, 2.75) is 27.2 Å². The van der Waals surface area contributed by atoms with Gasteiger partial charge >= 0.3 is 0 Å². The summed E-state index contributed by atoms with van der Waals surface area (Å²) in [5, 5.41) is 0. The number of Topliss-reactive ketones (excluding diaryl/α,β-unsaturated/α-hetero) is 1. The van der Waals surface area contributed by atoms with Crippen LogP contribution in [0.15, 0.2) is 24.3 Å². The molecule has 0 amide bonds. The molecule has 0 radical (unpaired) electrons. The van der Waals surface area contributed by atoms with Crippen LogP contribution in [0.25, 0.3) is 0 Å². The number of rotatable bonds is 4. The van der Waals surface area contributed by atoms with Gasteiger partial charge in [0.25, 0.3) is 0 Å². The fourth-order valence-electron chi connectivity index (χ4n) is 1.47. The van der Waals surface area contributed by atoms with Gasteiger partial charge in [-0.2, -0.15) is 0 Å². The quantitative estimate of drug-likeness (QED) is 0.801. The van der Waals surface area contributed by atoms with Crippen molar-refractivity contribution in [1.82, 2.24) is 0 Å². The Morgan fingerprint density at radius 1 is 1.24 bits per heavy atom. The van der Waals surface area contributed by atoms with Crippen LogP contribution in [0.4, 0.5) is 10.1 Å². The average Bonchev–Trinajstić information content (AvgIpc) is 2.25. The third kappa shape index (κ3) is 4.17. The standard InChI is InChI=1S/C14H20FNO/c1-14(2,3)13(17)9-10-16(4)12-7-5-11(15)6-8-12/h5-8H,9-10H2,1-4H3. The molecule has 94 valence electrons. The van der Waals surface area contributed by atoms with Crippen LogP contribution in [0.3, 0.4) is 0 Å². The Hall–Kier alpha value is -1.38. The molecule has 0 heterocycles. The SMILES string of the molecule is CN(CCC(=O)C(C)(C)C)c1ccc(F)cc1. The normalized spacial score (nSPS) is 11.4. The predicted octanol–water partition coefficient (Wildman–Crippen LogP) is 3.27. The van der Waals surface area contributed by atoms with Crippen molar-refractivity contribution in [2.75, 3.05) is 18.5 Å². The van der Waals surface area contributed by atoms with Gasteiger partial charge in [0.2, 0.25) is 0 Å². The molecule has 3 heteroatoms. The summed E-state index contributed by atoms with van der Waals surface area (Å²) in [4.78, 5) is 13.7. The van der Waals surface area contributed by atoms with Crippen LogP contribution >= 0.6 is 0 Å². The van der Waals surface area contributed by atoms with Crippen LogP contribution in [0.2, 0.25) is 0 Å². The molecule has 0 aliphatic carbocycles. The molecule has 0 spiro atoms. The maximum Gasteiger partial charge on any atom is 0.139 e. The van der Waals surface area contributed by atoms with Gasteiger partial charge < -0.3 is 4.90 Å². The van der Waals surface area contributed by atoms with Crippen LogP contribution in [0.5, 0.6) is 0 Å². The molecule has 0 N–H and O–H groups in total. The predicted molar refractivity (Wildman–Crippen MR) is 68.7 cm³/mol. The Kier molecular flexibility index (Phi) is 4.27. The molecule has 1 aromatic rings. The summed E-state index contributed by atoms with van der Waals surface area (Å²) in [6, 6.07) is 6.29. The van der Waals surface area contributed by atoms with E-state index in [1.807, 2.05) is 32.7 Å². The lowest BCUT2D eigenvalue weighted by molar-refractivity contribution is -0.126. The molecule has 0 aromatic heterocycles. The maximum atomic E-state index is 12.7. The summed E-state index contributed by atoms with van der Waals surface area (Å²) in [6.07, 6.45) is 0.511. The number of halogens is 1. The molecule has 17 heavy (non-hydrogen) atoms. The van der Waals surface area contributed by atoms with Gasteiger partial charge in [-0.05, 0) is 24.3 Å². The number of carbonyl (C=O) groups excluding carboxylic acids is 1. The van der Waals surface area contributed by atoms with Crippen molar-refractivity contribution in [2.24, 2.45) is 5.41 Å². The first-order chi connectivity index (χ1) is 7.80. The molecule has 0 aliphatic rings. The Balaban J connectivity index is 2.53. The van der Waals surface area contributed by atoms with E-state index in [1.165, 1.54) is 12.1 Å². The molecule has 0 atom stereocenters. The van der Waals surface area contributed by atoms with Gasteiger partial charge in [-0.25, -0.2) is 4.39 Å². The van der Waals surface area contributed by atoms with E-state index < -0.39 is 0 Å². The molecule has 2 nitrogen and oxygen atoms in total. The van der Waals surface area contributed by atoms with Crippen molar-refractivity contribution in [1.29, 1.82) is 0 Å². The number of benzene rings is 1. The number of anilines is 1. The van der Waals surface area contributed by atoms with E-state index in [9.17, 15) is 9.18 Å². The highest BCUT2D eigenvalue weighted by Gasteiger charge is 2.20. The summed E-state index contributed by atoms with van der Waals surface area (Å²) >= 11 is 0. The number of ketones is 1. The number of nitrogens with zero attached hydrogens (tertiary/aromatic N) is 1. The van der Waals surface area contributed by atoms with Gasteiger partial charge in [-0.1, -0.05) is 20.8 Å². The van der Waals surface area contributed by atoms with Gasteiger partial charge in [-0.3, -0.25) is 4.79 Å². The Labute approximate surface area is 102 Å². The lowest BCUT2D eigenvalue weighted by Gasteiger charge is -2.22. The van der Waals surface area contributed by atoms with E-state index in [0.717, 1.165) is 5.69 Å². The second kappa shape index (κ2) is 5.30. The smallest absolute Gasteiger partial charge is 0.139 e. The first kappa shape index (κ1) is 13.7. The molecule has 0 aliphatic heterocycles. The molecule has 0 saturated heterocycles. The minimum atomic E-state index is -0.288. The molecular formula is C14H20FNO. The van der Waals surface area contributed by atoms with Crippen molar-refractivity contribution >= 4 is 11.5 Å². The Morgan fingerprint density at radius 2 is 1.76 bits per heavy atom. The highest BCUT2D eigenvalue weighted by molar-refractivity contribution is 5.84. The van der Waals surface area contributed by atoms with E-state index in [2.05, 4.69) is 0 Å². The van der Waals surface area contributed by atoms with Crippen molar-refractivity contribution in [3.8, 4) is 0 Å². The topological polar surface area (TPSA) is 20.3 Å². The molecule has 0 unspecified atom stereocenters. The Bertz CT molecular complexity index is 378. The zero-order valence-electron chi connectivity index (χ0n) is 11.0. The van der Waals surface area contributed by atoms with E-state index in [0.29, 0.717) is 13.0 Å². The second-order valence-corrected chi connectivity index (χ2v) is 5.32. The van der Waals surface area contributed by atoms with Crippen LogP contribution in [0.1, 0.15) is 27.2 Å². The Morgan fingerprint density at radius 3 is 2.24 bits per heavy atom. The van der Waals surface area contributed by atoms with E-state index >= 15 is 0 Å². The molecule has 0 fully saturated rings.